The molecule has 0 aliphatic rings. The highest BCUT2D eigenvalue weighted by atomic mass is 16.4. The van der Waals surface area contributed by atoms with Crippen molar-refractivity contribution in [3.63, 3.8) is 0 Å². The Labute approximate surface area is 47.9 Å². The van der Waals surface area contributed by atoms with Crippen molar-refractivity contribution in [1.82, 2.24) is 0 Å². The van der Waals surface area contributed by atoms with Crippen LogP contribution in [0.1, 0.15) is 0 Å². The van der Waals surface area contributed by atoms with Crippen LogP contribution < -0.4 is 0 Å². The van der Waals surface area contributed by atoms with Gasteiger partial charge in [0, 0.05) is 0 Å². The van der Waals surface area contributed by atoms with Crippen LogP contribution in [0.5, 0.6) is 0 Å². The molecule has 0 rings (SSSR count). The van der Waals surface area contributed by atoms with Crippen LogP contribution in [-0.2, 0) is 0 Å². The molecular weight excluding hydrogens is 108 g/mol. The molecule has 8 heavy (non-hydrogen) atoms. The topological polar surface area (TPSA) is 60.7 Å². The molecule has 48 valence electrons. The molecule has 0 aromatic carbocycles. The Bertz CT molecular complexity index is 72.1. The average molecular weight is 118 g/mol. The molecule has 0 aliphatic carbocycles. The summed E-state index contributed by atoms with van der Waals surface area (Å²) in [4.78, 5) is 0. The van der Waals surface area contributed by atoms with Crippen LogP contribution in [0.25, 0.3) is 0 Å². The van der Waals surface area contributed by atoms with E-state index >= 15 is 0 Å². The van der Waals surface area contributed by atoms with Crippen molar-refractivity contribution in [3.05, 3.63) is 12.7 Å². The van der Waals surface area contributed by atoms with Gasteiger partial charge < -0.3 is 15.3 Å². The standard InChI is InChI=1S/C5H10O3/c1-2-4(7)5(8)3-6/h2,4-8H,1,3H2/t4?,5-/m0/s1. The molecule has 0 radical (unpaired) electrons. The minimum atomic E-state index is -1.09. The summed E-state index contributed by atoms with van der Waals surface area (Å²) in [6.45, 7) is 2.77. The van der Waals surface area contributed by atoms with Gasteiger partial charge in [0.2, 0.25) is 0 Å². The van der Waals surface area contributed by atoms with Crippen LogP contribution in [0.15, 0.2) is 12.7 Å². The van der Waals surface area contributed by atoms with Crippen molar-refractivity contribution in [3.8, 4) is 0 Å². The molecule has 0 aromatic rings. The third kappa shape index (κ3) is 2.07. The zero-order valence-corrected chi connectivity index (χ0v) is 4.49. The lowest BCUT2D eigenvalue weighted by Gasteiger charge is -2.09. The largest absolute Gasteiger partial charge is 0.394 e. The number of hydrogen-bond donors (Lipinski definition) is 3. The van der Waals surface area contributed by atoms with Gasteiger partial charge in [-0.2, -0.15) is 0 Å². The zero-order chi connectivity index (χ0) is 6.57. The number of hydrogen-bond acceptors (Lipinski definition) is 3. The Morgan fingerprint density at radius 3 is 2.12 bits per heavy atom. The molecule has 0 spiro atoms. The first kappa shape index (κ1) is 7.62. The van der Waals surface area contributed by atoms with Crippen LogP contribution >= 0.6 is 0 Å². The van der Waals surface area contributed by atoms with Crippen molar-refractivity contribution in [2.75, 3.05) is 6.61 Å². The van der Waals surface area contributed by atoms with E-state index in [1.165, 1.54) is 6.08 Å². The van der Waals surface area contributed by atoms with Crippen LogP contribution in [0.3, 0.4) is 0 Å². The predicted molar refractivity (Wildman–Crippen MR) is 29.3 cm³/mol. The maximum absolute atomic E-state index is 8.60. The van der Waals surface area contributed by atoms with Gasteiger partial charge in [-0.15, -0.1) is 6.58 Å². The Kier molecular flexibility index (Phi) is 3.43. The van der Waals surface area contributed by atoms with E-state index in [1.807, 2.05) is 0 Å². The van der Waals surface area contributed by atoms with E-state index in [1.54, 1.807) is 0 Å². The van der Waals surface area contributed by atoms with Crippen molar-refractivity contribution in [2.45, 2.75) is 12.2 Å². The molecule has 0 heterocycles. The molecule has 0 aromatic heterocycles. The fraction of sp³-hybridized carbons (Fsp3) is 0.600. The minimum absolute atomic E-state index is 0.437. The molecule has 0 bridgehead atoms. The van der Waals surface area contributed by atoms with Crippen LogP contribution in [0.2, 0.25) is 0 Å². The second-order valence-corrected chi connectivity index (χ2v) is 1.48. The Morgan fingerprint density at radius 2 is 2.00 bits per heavy atom. The molecule has 0 saturated heterocycles. The fourth-order valence-electron chi connectivity index (χ4n) is 0.265. The first-order chi connectivity index (χ1) is 3.72. The van der Waals surface area contributed by atoms with E-state index in [9.17, 15) is 0 Å². The highest BCUT2D eigenvalue weighted by Gasteiger charge is 2.09. The third-order valence-electron chi connectivity index (χ3n) is 0.823. The molecule has 0 saturated carbocycles. The van der Waals surface area contributed by atoms with E-state index in [4.69, 9.17) is 15.3 Å². The summed E-state index contributed by atoms with van der Waals surface area (Å²) in [7, 11) is 0. The second-order valence-electron chi connectivity index (χ2n) is 1.48. The van der Waals surface area contributed by atoms with Crippen molar-refractivity contribution >= 4 is 0 Å². The SMILES string of the molecule is C=CC(O)[C@@H](O)CO. The monoisotopic (exact) mass is 118 g/mol. The van der Waals surface area contributed by atoms with E-state index in [0.717, 1.165) is 0 Å². The molecule has 3 nitrogen and oxygen atoms in total. The fourth-order valence-corrected chi connectivity index (χ4v) is 0.265. The normalized spacial score (nSPS) is 17.4. The van der Waals surface area contributed by atoms with Gasteiger partial charge >= 0.3 is 0 Å². The van der Waals surface area contributed by atoms with Crippen molar-refractivity contribution in [1.29, 1.82) is 0 Å². The lowest BCUT2D eigenvalue weighted by molar-refractivity contribution is 0.00964. The van der Waals surface area contributed by atoms with Crippen molar-refractivity contribution < 1.29 is 15.3 Å². The van der Waals surface area contributed by atoms with Crippen molar-refractivity contribution in [2.24, 2.45) is 0 Å². The zero-order valence-electron chi connectivity index (χ0n) is 4.49. The summed E-state index contributed by atoms with van der Waals surface area (Å²) >= 11 is 0. The van der Waals surface area contributed by atoms with Crippen LogP contribution in [0, 0.1) is 0 Å². The lowest BCUT2D eigenvalue weighted by atomic mass is 10.2. The maximum atomic E-state index is 8.60. The molecule has 0 fully saturated rings. The summed E-state index contributed by atoms with van der Waals surface area (Å²) < 4.78 is 0. The molecule has 2 atom stereocenters. The predicted octanol–water partition coefficient (Wildman–Crippen LogP) is -1.11. The lowest BCUT2D eigenvalue weighted by Crippen LogP contribution is -2.26. The number of aliphatic hydroxyl groups excluding tert-OH is 3. The summed E-state index contributed by atoms with van der Waals surface area (Å²) in [6, 6.07) is 0. The van der Waals surface area contributed by atoms with Gasteiger partial charge in [0.05, 0.1) is 12.7 Å². The van der Waals surface area contributed by atoms with Gasteiger partial charge in [-0.25, -0.2) is 0 Å². The van der Waals surface area contributed by atoms with E-state index in [2.05, 4.69) is 6.58 Å². The van der Waals surface area contributed by atoms with Gasteiger partial charge in [0.25, 0.3) is 0 Å². The van der Waals surface area contributed by atoms with Gasteiger partial charge in [0.15, 0.2) is 0 Å². The summed E-state index contributed by atoms with van der Waals surface area (Å²) in [5.74, 6) is 0. The average Bonchev–Trinajstić information content (AvgIpc) is 1.84. The smallest absolute Gasteiger partial charge is 0.106 e. The van der Waals surface area contributed by atoms with Gasteiger partial charge in [-0.1, -0.05) is 6.08 Å². The Morgan fingerprint density at radius 1 is 1.50 bits per heavy atom. The van der Waals surface area contributed by atoms with Gasteiger partial charge in [-0.05, 0) is 0 Å². The van der Waals surface area contributed by atoms with E-state index in [-0.39, 0.29) is 0 Å². The van der Waals surface area contributed by atoms with E-state index < -0.39 is 18.8 Å². The van der Waals surface area contributed by atoms with E-state index in [0.29, 0.717) is 0 Å². The molecule has 3 heteroatoms. The van der Waals surface area contributed by atoms with Gasteiger partial charge in [-0.3, -0.25) is 0 Å². The molecule has 1 unspecified atom stereocenters. The maximum Gasteiger partial charge on any atom is 0.106 e. The van der Waals surface area contributed by atoms with Crippen LogP contribution in [-0.4, -0.2) is 34.1 Å². The van der Waals surface area contributed by atoms with Crippen LogP contribution in [0.4, 0.5) is 0 Å². The molecule has 0 aliphatic heterocycles. The Hall–Kier alpha value is -0.380. The highest BCUT2D eigenvalue weighted by Crippen LogP contribution is 1.90. The number of aliphatic hydroxyl groups is 3. The highest BCUT2D eigenvalue weighted by molar-refractivity contribution is 4.83. The third-order valence-corrected chi connectivity index (χ3v) is 0.823. The summed E-state index contributed by atoms with van der Waals surface area (Å²) in [5.41, 5.74) is 0. The minimum Gasteiger partial charge on any atom is -0.394 e. The first-order valence-electron chi connectivity index (χ1n) is 2.32. The Balaban J connectivity index is 3.44. The number of rotatable bonds is 3. The summed E-state index contributed by atoms with van der Waals surface area (Å²) in [5, 5.41) is 25.3. The molecule has 3 N–H and O–H groups in total. The second kappa shape index (κ2) is 3.60. The molecule has 0 amide bonds. The first-order valence-corrected chi connectivity index (χ1v) is 2.32. The van der Waals surface area contributed by atoms with Gasteiger partial charge in [0.1, 0.15) is 6.10 Å². The molecular formula is C5H10O3. The summed E-state index contributed by atoms with van der Waals surface area (Å²) in [6.07, 6.45) is -0.937. The quantitative estimate of drug-likeness (QED) is 0.412.